The van der Waals surface area contributed by atoms with E-state index in [1.807, 2.05) is 52.9 Å². The number of hydrogen-bond donors (Lipinski definition) is 0. The summed E-state index contributed by atoms with van der Waals surface area (Å²) >= 11 is 1.57. The Kier molecular flexibility index (Phi) is 5.36. The van der Waals surface area contributed by atoms with Crippen LogP contribution in [-0.4, -0.2) is 19.2 Å². The molecule has 2 aromatic carbocycles. The second-order valence-corrected chi connectivity index (χ2v) is 8.31. The van der Waals surface area contributed by atoms with Gasteiger partial charge in [-0.3, -0.25) is 13.8 Å². The zero-order valence-electron chi connectivity index (χ0n) is 16.4. The molecular formula is C22H21N5OS. The van der Waals surface area contributed by atoms with E-state index in [0.29, 0.717) is 34.9 Å². The van der Waals surface area contributed by atoms with Crippen LogP contribution in [0.4, 0.5) is 0 Å². The van der Waals surface area contributed by atoms with Crippen molar-refractivity contribution < 1.29 is 0 Å². The number of hydrogen-bond acceptors (Lipinski definition) is 5. The van der Waals surface area contributed by atoms with Crippen LogP contribution in [-0.2, 0) is 12.3 Å². The summed E-state index contributed by atoms with van der Waals surface area (Å²) in [5.74, 6) is 1.77. The SMILES string of the molecule is CC(C)CCn1c(=O)c2ccccc2n2c(SCc3ccc(C#N)cc3)nnc12. The van der Waals surface area contributed by atoms with Gasteiger partial charge in [-0.05, 0) is 42.2 Å². The lowest BCUT2D eigenvalue weighted by molar-refractivity contribution is 0.512. The highest BCUT2D eigenvalue weighted by molar-refractivity contribution is 7.98. The van der Waals surface area contributed by atoms with Gasteiger partial charge in [-0.2, -0.15) is 5.26 Å². The van der Waals surface area contributed by atoms with Crippen molar-refractivity contribution in [1.82, 2.24) is 19.2 Å². The molecule has 0 aliphatic carbocycles. The number of benzene rings is 2. The van der Waals surface area contributed by atoms with E-state index in [9.17, 15) is 4.79 Å². The van der Waals surface area contributed by atoms with Gasteiger partial charge in [-0.25, -0.2) is 0 Å². The first-order valence-corrected chi connectivity index (χ1v) is 10.6. The van der Waals surface area contributed by atoms with Crippen LogP contribution in [0.25, 0.3) is 16.7 Å². The molecule has 0 fully saturated rings. The maximum absolute atomic E-state index is 13.1. The molecule has 0 radical (unpaired) electrons. The van der Waals surface area contributed by atoms with Gasteiger partial charge in [0.2, 0.25) is 5.78 Å². The van der Waals surface area contributed by atoms with Crippen molar-refractivity contribution in [2.45, 2.75) is 37.7 Å². The number of aromatic nitrogens is 4. The molecule has 0 bridgehead atoms. The summed E-state index contributed by atoms with van der Waals surface area (Å²) in [6.45, 7) is 4.90. The van der Waals surface area contributed by atoms with Crippen LogP contribution >= 0.6 is 11.8 Å². The molecule has 0 aliphatic heterocycles. The standard InChI is InChI=1S/C22H21N5OS/c1-15(2)11-12-26-20(28)18-5-3-4-6-19(18)27-21(26)24-25-22(27)29-14-17-9-7-16(13-23)8-10-17/h3-10,15H,11-12,14H2,1-2H3. The Morgan fingerprint density at radius 3 is 2.59 bits per heavy atom. The van der Waals surface area contributed by atoms with E-state index in [0.717, 1.165) is 22.7 Å². The molecule has 0 unspecified atom stereocenters. The van der Waals surface area contributed by atoms with Gasteiger partial charge in [0.15, 0.2) is 5.16 Å². The summed E-state index contributed by atoms with van der Waals surface area (Å²) in [6.07, 6.45) is 0.897. The first-order chi connectivity index (χ1) is 14.1. The lowest BCUT2D eigenvalue weighted by Gasteiger charge is -2.12. The summed E-state index contributed by atoms with van der Waals surface area (Å²) in [6, 6.07) is 17.3. The van der Waals surface area contributed by atoms with Crippen LogP contribution < -0.4 is 5.56 Å². The van der Waals surface area contributed by atoms with Gasteiger partial charge in [-0.15, -0.1) is 10.2 Å². The van der Waals surface area contributed by atoms with E-state index in [-0.39, 0.29) is 5.56 Å². The summed E-state index contributed by atoms with van der Waals surface area (Å²) in [5, 5.41) is 19.1. The van der Waals surface area contributed by atoms with Gasteiger partial charge >= 0.3 is 0 Å². The fourth-order valence-electron chi connectivity index (χ4n) is 3.24. The second kappa shape index (κ2) is 8.10. The monoisotopic (exact) mass is 403 g/mol. The van der Waals surface area contributed by atoms with Crippen LogP contribution in [0.15, 0.2) is 58.5 Å². The summed E-state index contributed by atoms with van der Waals surface area (Å²) in [4.78, 5) is 13.1. The molecule has 146 valence electrons. The minimum atomic E-state index is -0.0233. The van der Waals surface area contributed by atoms with Crippen molar-refractivity contribution in [1.29, 1.82) is 5.26 Å². The topological polar surface area (TPSA) is 76.0 Å². The first kappa shape index (κ1) is 19.2. The van der Waals surface area contributed by atoms with E-state index in [1.165, 1.54) is 0 Å². The van der Waals surface area contributed by atoms with Crippen LogP contribution in [0, 0.1) is 17.2 Å². The van der Waals surface area contributed by atoms with Gasteiger partial charge in [0, 0.05) is 12.3 Å². The highest BCUT2D eigenvalue weighted by Crippen LogP contribution is 2.25. The van der Waals surface area contributed by atoms with E-state index in [2.05, 4.69) is 30.1 Å². The maximum atomic E-state index is 13.1. The summed E-state index contributed by atoms with van der Waals surface area (Å²) in [7, 11) is 0. The molecule has 0 spiro atoms. The van der Waals surface area contributed by atoms with Gasteiger partial charge in [0.25, 0.3) is 5.56 Å². The minimum Gasteiger partial charge on any atom is -0.276 e. The number of fused-ring (bicyclic) bond motifs is 3. The van der Waals surface area contributed by atoms with Crippen molar-refractivity contribution in [3.8, 4) is 6.07 Å². The molecule has 7 heteroatoms. The zero-order chi connectivity index (χ0) is 20.4. The quantitative estimate of drug-likeness (QED) is 0.450. The third kappa shape index (κ3) is 3.76. The maximum Gasteiger partial charge on any atom is 0.262 e. The number of para-hydroxylation sites is 1. The lowest BCUT2D eigenvalue weighted by atomic mass is 10.1. The molecule has 0 saturated heterocycles. The van der Waals surface area contributed by atoms with Gasteiger partial charge in [0.1, 0.15) is 0 Å². The molecule has 29 heavy (non-hydrogen) atoms. The van der Waals surface area contributed by atoms with E-state index in [4.69, 9.17) is 5.26 Å². The Balaban J connectivity index is 1.77. The highest BCUT2D eigenvalue weighted by atomic mass is 32.2. The van der Waals surface area contributed by atoms with Gasteiger partial charge in [-0.1, -0.05) is 49.9 Å². The second-order valence-electron chi connectivity index (χ2n) is 7.37. The molecule has 4 aromatic rings. The third-order valence-electron chi connectivity index (χ3n) is 4.86. The molecule has 0 aliphatic rings. The fourth-order valence-corrected chi connectivity index (χ4v) is 4.14. The van der Waals surface area contributed by atoms with E-state index >= 15 is 0 Å². The first-order valence-electron chi connectivity index (χ1n) is 9.57. The van der Waals surface area contributed by atoms with Crippen molar-refractivity contribution >= 4 is 28.4 Å². The molecule has 0 saturated carbocycles. The predicted octanol–water partition coefficient (Wildman–Crippen LogP) is 4.25. The number of aryl methyl sites for hydroxylation is 1. The Hall–Kier alpha value is -3.11. The molecule has 4 rings (SSSR count). The average molecular weight is 404 g/mol. The number of nitriles is 1. The molecule has 0 N–H and O–H groups in total. The number of rotatable bonds is 6. The highest BCUT2D eigenvalue weighted by Gasteiger charge is 2.17. The van der Waals surface area contributed by atoms with Crippen molar-refractivity contribution in [3.63, 3.8) is 0 Å². The lowest BCUT2D eigenvalue weighted by Crippen LogP contribution is -2.24. The minimum absolute atomic E-state index is 0.0233. The Bertz CT molecular complexity index is 1260. The Morgan fingerprint density at radius 1 is 1.10 bits per heavy atom. The third-order valence-corrected chi connectivity index (χ3v) is 5.86. The number of thioether (sulfide) groups is 1. The molecule has 2 heterocycles. The van der Waals surface area contributed by atoms with Crippen molar-refractivity contribution in [2.24, 2.45) is 5.92 Å². The van der Waals surface area contributed by atoms with Crippen molar-refractivity contribution in [3.05, 3.63) is 70.0 Å². The fraction of sp³-hybridized carbons (Fsp3) is 0.273. The van der Waals surface area contributed by atoms with Crippen LogP contribution in [0.5, 0.6) is 0 Å². The zero-order valence-corrected chi connectivity index (χ0v) is 17.2. The Labute approximate surface area is 172 Å². The summed E-state index contributed by atoms with van der Waals surface area (Å²) < 4.78 is 3.71. The molecule has 0 amide bonds. The Morgan fingerprint density at radius 2 is 1.86 bits per heavy atom. The van der Waals surface area contributed by atoms with E-state index in [1.54, 1.807) is 16.3 Å². The van der Waals surface area contributed by atoms with Crippen LogP contribution in [0.2, 0.25) is 0 Å². The number of nitrogens with zero attached hydrogens (tertiary/aromatic N) is 5. The van der Waals surface area contributed by atoms with Gasteiger partial charge < -0.3 is 0 Å². The van der Waals surface area contributed by atoms with Gasteiger partial charge in [0.05, 0.1) is 22.5 Å². The predicted molar refractivity (Wildman–Crippen MR) is 115 cm³/mol. The largest absolute Gasteiger partial charge is 0.276 e. The smallest absolute Gasteiger partial charge is 0.262 e. The molecule has 0 atom stereocenters. The average Bonchev–Trinajstić information content (AvgIpc) is 3.16. The molecule has 2 aromatic heterocycles. The molecular weight excluding hydrogens is 382 g/mol. The van der Waals surface area contributed by atoms with Crippen LogP contribution in [0.3, 0.4) is 0 Å². The molecule has 6 nitrogen and oxygen atoms in total. The normalized spacial score (nSPS) is 11.4. The van der Waals surface area contributed by atoms with Crippen LogP contribution in [0.1, 0.15) is 31.4 Å². The van der Waals surface area contributed by atoms with Crippen molar-refractivity contribution in [2.75, 3.05) is 0 Å². The summed E-state index contributed by atoms with van der Waals surface area (Å²) in [5.41, 5.74) is 2.54. The van der Waals surface area contributed by atoms with E-state index < -0.39 is 0 Å².